The van der Waals surface area contributed by atoms with Crippen molar-refractivity contribution in [3.63, 3.8) is 0 Å². The van der Waals surface area contributed by atoms with Crippen molar-refractivity contribution in [3.8, 4) is 11.5 Å². The minimum absolute atomic E-state index is 0.0807. The molecule has 2 N–H and O–H groups in total. The number of likely N-dealkylation sites (N-methyl/N-ethyl adjacent to an activating group) is 1. The van der Waals surface area contributed by atoms with Crippen molar-refractivity contribution in [1.29, 1.82) is 0 Å². The maximum atomic E-state index is 12.4. The molecule has 3 aliphatic heterocycles. The third-order valence-corrected chi connectivity index (χ3v) is 7.95. The molecule has 5 rings (SSSR count). The molecule has 0 aromatic heterocycles. The van der Waals surface area contributed by atoms with Gasteiger partial charge in [0.1, 0.15) is 6.10 Å². The first-order chi connectivity index (χ1) is 12.9. The van der Waals surface area contributed by atoms with Gasteiger partial charge in [-0.15, -0.1) is 0 Å². The molecule has 0 bridgehead atoms. The van der Waals surface area contributed by atoms with Crippen LogP contribution in [0.5, 0.6) is 11.5 Å². The van der Waals surface area contributed by atoms with E-state index in [1.54, 1.807) is 6.07 Å². The molecule has 1 aliphatic carbocycles. The van der Waals surface area contributed by atoms with E-state index in [0.717, 1.165) is 56.1 Å². The number of benzene rings is 1. The summed E-state index contributed by atoms with van der Waals surface area (Å²) in [5.41, 5.74) is 0.869. The van der Waals surface area contributed by atoms with Gasteiger partial charge < -0.3 is 19.8 Å². The number of nitrogens with zero attached hydrogens (tertiary/aromatic N) is 2. The maximum Gasteiger partial charge on any atom is 0.165 e. The average Bonchev–Trinajstić information content (AvgIpc) is 3.40. The number of hydrogen-bond donors (Lipinski definition) is 2. The first-order valence-electron chi connectivity index (χ1n) is 10.5. The Morgan fingerprint density at radius 3 is 2.74 bits per heavy atom. The first kappa shape index (κ1) is 17.8. The standard InChI is InChI=1S/C22H32N2O3/c1-14-4-7-17(25)20-19(14)21-8-11-24(12-16-5-6-16)15(2)22(21,26)9-10-23(3)13-18(21)27-20/h4,7,15-16,18,25-26H,5-6,8-13H2,1-3H3/t15-,18+,21-,22-/m1/s1. The largest absolute Gasteiger partial charge is 0.504 e. The monoisotopic (exact) mass is 372 g/mol. The molecule has 1 aromatic carbocycles. The lowest BCUT2D eigenvalue weighted by Gasteiger charge is -2.57. The number of ether oxygens (including phenoxy) is 1. The predicted molar refractivity (Wildman–Crippen MR) is 104 cm³/mol. The molecule has 1 spiro atoms. The average molecular weight is 373 g/mol. The zero-order valence-corrected chi connectivity index (χ0v) is 16.7. The van der Waals surface area contributed by atoms with Gasteiger partial charge in [-0.25, -0.2) is 0 Å². The molecule has 0 radical (unpaired) electrons. The number of aliphatic hydroxyl groups is 1. The SMILES string of the molecule is Cc1ccc(O)c2c1[C@]13CCN(CC4CC4)[C@H](C)[C@]1(O)CCN(C)C[C@@H]3O2. The van der Waals surface area contributed by atoms with Gasteiger partial charge in [0.05, 0.1) is 11.0 Å². The summed E-state index contributed by atoms with van der Waals surface area (Å²) in [4.78, 5) is 4.79. The van der Waals surface area contributed by atoms with E-state index in [9.17, 15) is 10.2 Å². The molecular weight excluding hydrogens is 340 g/mol. The van der Waals surface area contributed by atoms with Gasteiger partial charge in [0.2, 0.25) is 0 Å². The highest BCUT2D eigenvalue weighted by atomic mass is 16.5. The normalized spacial score (nSPS) is 39.3. The lowest BCUT2D eigenvalue weighted by atomic mass is 9.56. The molecule has 1 aromatic rings. The highest BCUT2D eigenvalue weighted by molar-refractivity contribution is 5.59. The lowest BCUT2D eigenvalue weighted by molar-refractivity contribution is -0.151. The van der Waals surface area contributed by atoms with Crippen molar-refractivity contribution in [2.24, 2.45) is 5.92 Å². The van der Waals surface area contributed by atoms with Gasteiger partial charge in [-0.1, -0.05) is 6.07 Å². The fourth-order valence-corrected chi connectivity index (χ4v) is 6.18. The molecule has 3 heterocycles. The summed E-state index contributed by atoms with van der Waals surface area (Å²) in [6.07, 6.45) is 4.16. The van der Waals surface area contributed by atoms with Crippen LogP contribution in [-0.4, -0.2) is 71.0 Å². The van der Waals surface area contributed by atoms with Gasteiger partial charge in [0.15, 0.2) is 11.5 Å². The Kier molecular flexibility index (Phi) is 3.85. The summed E-state index contributed by atoms with van der Waals surface area (Å²) in [5, 5.41) is 22.9. The van der Waals surface area contributed by atoms with Crippen LogP contribution in [0.1, 0.15) is 43.7 Å². The van der Waals surface area contributed by atoms with Gasteiger partial charge in [-0.3, -0.25) is 4.90 Å². The van der Waals surface area contributed by atoms with Crippen molar-refractivity contribution < 1.29 is 14.9 Å². The number of aromatic hydroxyl groups is 1. The Balaban J connectivity index is 1.66. The molecule has 2 saturated heterocycles. The lowest BCUT2D eigenvalue weighted by Crippen LogP contribution is -2.70. The fraction of sp³-hybridized carbons (Fsp3) is 0.727. The van der Waals surface area contributed by atoms with E-state index >= 15 is 0 Å². The summed E-state index contributed by atoms with van der Waals surface area (Å²) < 4.78 is 6.41. The van der Waals surface area contributed by atoms with Gasteiger partial charge in [0, 0.05) is 31.2 Å². The number of likely N-dealkylation sites (tertiary alicyclic amines) is 2. The van der Waals surface area contributed by atoms with E-state index in [2.05, 4.69) is 30.7 Å². The Morgan fingerprint density at radius 2 is 2.00 bits per heavy atom. The van der Waals surface area contributed by atoms with E-state index in [-0.39, 0.29) is 17.9 Å². The van der Waals surface area contributed by atoms with Crippen LogP contribution in [-0.2, 0) is 5.41 Å². The van der Waals surface area contributed by atoms with Crippen LogP contribution in [0.15, 0.2) is 12.1 Å². The molecule has 1 saturated carbocycles. The molecule has 0 amide bonds. The van der Waals surface area contributed by atoms with Crippen LogP contribution in [0, 0.1) is 12.8 Å². The molecule has 0 unspecified atom stereocenters. The molecular formula is C22H32N2O3. The summed E-state index contributed by atoms with van der Waals surface area (Å²) in [6, 6.07) is 3.78. The Morgan fingerprint density at radius 1 is 1.22 bits per heavy atom. The topological polar surface area (TPSA) is 56.2 Å². The van der Waals surface area contributed by atoms with Crippen LogP contribution in [0.3, 0.4) is 0 Å². The van der Waals surface area contributed by atoms with Gasteiger partial charge in [-0.2, -0.15) is 0 Å². The Bertz CT molecular complexity index is 764. The number of piperidine rings is 1. The molecule has 148 valence electrons. The van der Waals surface area contributed by atoms with Gasteiger partial charge in [-0.05, 0) is 70.7 Å². The fourth-order valence-electron chi connectivity index (χ4n) is 6.18. The van der Waals surface area contributed by atoms with Gasteiger partial charge in [0.25, 0.3) is 0 Å². The van der Waals surface area contributed by atoms with Gasteiger partial charge >= 0.3 is 0 Å². The quantitative estimate of drug-likeness (QED) is 0.834. The summed E-state index contributed by atoms with van der Waals surface area (Å²) in [7, 11) is 2.11. The van der Waals surface area contributed by atoms with Crippen LogP contribution in [0.2, 0.25) is 0 Å². The Labute approximate surface area is 161 Å². The number of phenols is 1. The van der Waals surface area contributed by atoms with Crippen molar-refractivity contribution >= 4 is 0 Å². The van der Waals surface area contributed by atoms with Crippen molar-refractivity contribution in [2.45, 2.75) is 62.7 Å². The minimum Gasteiger partial charge on any atom is -0.504 e. The van der Waals surface area contributed by atoms with Crippen LogP contribution < -0.4 is 4.74 Å². The predicted octanol–water partition coefficient (Wildman–Crippen LogP) is 2.27. The zero-order chi connectivity index (χ0) is 19.0. The smallest absolute Gasteiger partial charge is 0.165 e. The second-order valence-corrected chi connectivity index (χ2v) is 9.48. The van der Waals surface area contributed by atoms with E-state index in [1.165, 1.54) is 12.8 Å². The number of rotatable bonds is 2. The molecule has 3 fully saturated rings. The van der Waals surface area contributed by atoms with Crippen LogP contribution in [0.4, 0.5) is 0 Å². The molecule has 27 heavy (non-hydrogen) atoms. The second-order valence-electron chi connectivity index (χ2n) is 9.48. The maximum absolute atomic E-state index is 12.4. The third-order valence-electron chi connectivity index (χ3n) is 7.95. The summed E-state index contributed by atoms with van der Waals surface area (Å²) in [5.74, 6) is 1.62. The molecule has 4 aliphatic rings. The second kappa shape index (κ2) is 5.85. The number of phenolic OH excluding ortho intramolecular Hbond substituents is 1. The first-order valence-corrected chi connectivity index (χ1v) is 10.5. The van der Waals surface area contributed by atoms with E-state index in [0.29, 0.717) is 5.75 Å². The minimum atomic E-state index is -0.862. The third kappa shape index (κ3) is 2.34. The number of fused-ring (bicyclic) bond motifs is 1. The van der Waals surface area contributed by atoms with E-state index in [1.807, 2.05) is 6.07 Å². The van der Waals surface area contributed by atoms with E-state index < -0.39 is 11.0 Å². The molecule has 5 nitrogen and oxygen atoms in total. The highest BCUT2D eigenvalue weighted by Gasteiger charge is 2.67. The number of hydrogen-bond acceptors (Lipinski definition) is 5. The van der Waals surface area contributed by atoms with Crippen LogP contribution in [0.25, 0.3) is 0 Å². The highest BCUT2D eigenvalue weighted by Crippen LogP contribution is 2.60. The Hall–Kier alpha value is -1.30. The summed E-state index contributed by atoms with van der Waals surface area (Å²) >= 11 is 0. The van der Waals surface area contributed by atoms with Crippen LogP contribution >= 0.6 is 0 Å². The zero-order valence-electron chi connectivity index (χ0n) is 16.7. The van der Waals surface area contributed by atoms with Crippen molar-refractivity contribution in [1.82, 2.24) is 9.80 Å². The summed E-state index contributed by atoms with van der Waals surface area (Å²) in [6.45, 7) is 8.04. The van der Waals surface area contributed by atoms with Crippen molar-refractivity contribution in [3.05, 3.63) is 23.3 Å². The number of aryl methyl sites for hydroxylation is 1. The van der Waals surface area contributed by atoms with Crippen molar-refractivity contribution in [2.75, 3.05) is 33.2 Å². The van der Waals surface area contributed by atoms with E-state index in [4.69, 9.17) is 4.74 Å². The molecule has 4 atom stereocenters. The molecule has 5 heteroatoms.